The summed E-state index contributed by atoms with van der Waals surface area (Å²) in [5.74, 6) is 0. The van der Waals surface area contributed by atoms with E-state index in [2.05, 4.69) is 15.0 Å². The zero-order valence-corrected chi connectivity index (χ0v) is 12.8. The molecule has 0 saturated carbocycles. The second-order valence-electron chi connectivity index (χ2n) is 5.24. The summed E-state index contributed by atoms with van der Waals surface area (Å²) in [7, 11) is 0. The Bertz CT molecular complexity index is 1050. The maximum absolute atomic E-state index is 11.4. The Balaban J connectivity index is 1.98. The highest BCUT2D eigenvalue weighted by atomic mass is 35.5. The lowest BCUT2D eigenvalue weighted by Gasteiger charge is -2.12. The molecule has 2 N–H and O–H groups in total. The normalized spacial score (nSPS) is 11.0. The van der Waals surface area contributed by atoms with Gasteiger partial charge in [0.1, 0.15) is 0 Å². The van der Waals surface area contributed by atoms with Crippen LogP contribution in [0.4, 0.5) is 0 Å². The van der Waals surface area contributed by atoms with Crippen LogP contribution in [0.1, 0.15) is 0 Å². The Hall–Kier alpha value is -2.85. The second kappa shape index (κ2) is 5.41. The summed E-state index contributed by atoms with van der Waals surface area (Å²) in [4.78, 5) is 21.2. The molecule has 2 heterocycles. The van der Waals surface area contributed by atoms with Gasteiger partial charge >= 0.3 is 5.69 Å². The number of benzene rings is 2. The first-order valence-electron chi connectivity index (χ1n) is 7.14. The summed E-state index contributed by atoms with van der Waals surface area (Å²) in [5, 5.41) is 0.656. The van der Waals surface area contributed by atoms with Gasteiger partial charge in [-0.15, -0.1) is 0 Å². The molecule has 23 heavy (non-hydrogen) atoms. The molecule has 0 fully saturated rings. The van der Waals surface area contributed by atoms with Crippen molar-refractivity contribution in [3.8, 4) is 22.3 Å². The molecule has 0 unspecified atom stereocenters. The number of rotatable bonds is 2. The zero-order valence-electron chi connectivity index (χ0n) is 12.0. The van der Waals surface area contributed by atoms with Crippen LogP contribution < -0.4 is 5.69 Å². The molecule has 0 atom stereocenters. The maximum atomic E-state index is 11.4. The van der Waals surface area contributed by atoms with Gasteiger partial charge in [0.2, 0.25) is 0 Å². The molecule has 0 spiro atoms. The van der Waals surface area contributed by atoms with E-state index in [9.17, 15) is 4.79 Å². The van der Waals surface area contributed by atoms with E-state index in [1.54, 1.807) is 6.20 Å². The largest absolute Gasteiger partial charge is 0.323 e. The fourth-order valence-corrected chi connectivity index (χ4v) is 3.05. The van der Waals surface area contributed by atoms with E-state index >= 15 is 0 Å². The molecule has 4 nitrogen and oxygen atoms in total. The van der Waals surface area contributed by atoms with Crippen molar-refractivity contribution < 1.29 is 0 Å². The van der Waals surface area contributed by atoms with E-state index < -0.39 is 0 Å². The predicted octanol–water partition coefficient (Wildman–Crippen LogP) is 4.24. The molecule has 2 aromatic heterocycles. The number of hydrogen-bond donors (Lipinski definition) is 2. The van der Waals surface area contributed by atoms with Crippen molar-refractivity contribution in [3.05, 3.63) is 76.4 Å². The molecule has 0 saturated heterocycles. The van der Waals surface area contributed by atoms with Crippen LogP contribution in [-0.4, -0.2) is 15.0 Å². The Morgan fingerprint density at radius 2 is 1.78 bits per heavy atom. The third-order valence-electron chi connectivity index (χ3n) is 3.79. The molecular formula is C18H12ClN3O. The number of hydrogen-bond acceptors (Lipinski definition) is 2. The Kier molecular flexibility index (Phi) is 3.24. The highest BCUT2D eigenvalue weighted by Crippen LogP contribution is 2.37. The van der Waals surface area contributed by atoms with E-state index in [1.807, 2.05) is 54.7 Å². The lowest BCUT2D eigenvalue weighted by Crippen LogP contribution is -1.99. The average molecular weight is 322 g/mol. The topological polar surface area (TPSA) is 61.5 Å². The molecule has 0 radical (unpaired) electrons. The SMILES string of the molecule is O=c1[nH]c2ccc(-c3c(Cl)cccc3-c3cccnc3)cc2[nH]1. The van der Waals surface area contributed by atoms with Gasteiger partial charge in [-0.1, -0.05) is 35.9 Å². The fraction of sp³-hybridized carbons (Fsp3) is 0. The first-order chi connectivity index (χ1) is 11.2. The van der Waals surface area contributed by atoms with Crippen LogP contribution in [0, 0.1) is 0 Å². The van der Waals surface area contributed by atoms with Gasteiger partial charge in [-0.05, 0) is 35.4 Å². The second-order valence-corrected chi connectivity index (χ2v) is 5.65. The number of fused-ring (bicyclic) bond motifs is 1. The zero-order chi connectivity index (χ0) is 15.8. The van der Waals surface area contributed by atoms with Gasteiger partial charge in [0, 0.05) is 28.5 Å². The molecule has 4 rings (SSSR count). The summed E-state index contributed by atoms with van der Waals surface area (Å²) >= 11 is 6.47. The van der Waals surface area contributed by atoms with Crippen molar-refractivity contribution in [2.45, 2.75) is 0 Å². The smallest absolute Gasteiger partial charge is 0.306 e. The molecule has 5 heteroatoms. The summed E-state index contributed by atoms with van der Waals surface area (Å²) in [6.07, 6.45) is 3.55. The van der Waals surface area contributed by atoms with Crippen LogP contribution in [0.3, 0.4) is 0 Å². The van der Waals surface area contributed by atoms with Gasteiger partial charge in [0.25, 0.3) is 0 Å². The van der Waals surface area contributed by atoms with Gasteiger partial charge < -0.3 is 9.97 Å². The lowest BCUT2D eigenvalue weighted by atomic mass is 9.95. The minimum absolute atomic E-state index is 0.219. The predicted molar refractivity (Wildman–Crippen MR) is 92.6 cm³/mol. The maximum Gasteiger partial charge on any atom is 0.323 e. The monoisotopic (exact) mass is 321 g/mol. The van der Waals surface area contributed by atoms with E-state index in [0.29, 0.717) is 5.02 Å². The highest BCUT2D eigenvalue weighted by Gasteiger charge is 2.12. The van der Waals surface area contributed by atoms with Gasteiger partial charge in [-0.3, -0.25) is 4.98 Å². The number of aromatic nitrogens is 3. The van der Waals surface area contributed by atoms with Gasteiger partial charge in [0.05, 0.1) is 11.0 Å². The van der Waals surface area contributed by atoms with E-state index in [1.165, 1.54) is 0 Å². The summed E-state index contributed by atoms with van der Waals surface area (Å²) in [5.41, 5.74) is 5.17. The molecule has 2 aromatic carbocycles. The Labute approximate surface area is 136 Å². The van der Waals surface area contributed by atoms with Crippen molar-refractivity contribution in [1.82, 2.24) is 15.0 Å². The molecule has 4 aromatic rings. The van der Waals surface area contributed by atoms with Crippen molar-refractivity contribution in [2.24, 2.45) is 0 Å². The molecule has 112 valence electrons. The third-order valence-corrected chi connectivity index (χ3v) is 4.11. The number of nitrogens with zero attached hydrogens (tertiary/aromatic N) is 1. The minimum Gasteiger partial charge on any atom is -0.306 e. The summed E-state index contributed by atoms with van der Waals surface area (Å²) in [6.45, 7) is 0. The number of nitrogens with one attached hydrogen (secondary N) is 2. The Morgan fingerprint density at radius 3 is 2.61 bits per heavy atom. The van der Waals surface area contributed by atoms with Crippen LogP contribution in [0.2, 0.25) is 5.02 Å². The summed E-state index contributed by atoms with van der Waals surface area (Å²) in [6, 6.07) is 15.4. The average Bonchev–Trinajstić information content (AvgIpc) is 2.94. The number of imidazole rings is 1. The first-order valence-corrected chi connectivity index (χ1v) is 7.51. The molecule has 0 bridgehead atoms. The Morgan fingerprint density at radius 1 is 0.913 bits per heavy atom. The fourth-order valence-electron chi connectivity index (χ4n) is 2.77. The minimum atomic E-state index is -0.219. The van der Waals surface area contributed by atoms with Crippen molar-refractivity contribution in [3.63, 3.8) is 0 Å². The summed E-state index contributed by atoms with van der Waals surface area (Å²) < 4.78 is 0. The molecule has 0 aliphatic heterocycles. The first kappa shape index (κ1) is 13.8. The lowest BCUT2D eigenvalue weighted by molar-refractivity contribution is 1.22. The van der Waals surface area contributed by atoms with Gasteiger partial charge in [0.15, 0.2) is 0 Å². The van der Waals surface area contributed by atoms with Crippen molar-refractivity contribution in [2.75, 3.05) is 0 Å². The molecule has 0 aliphatic rings. The van der Waals surface area contributed by atoms with Gasteiger partial charge in [-0.25, -0.2) is 4.79 Å². The standard InChI is InChI=1S/C18H12ClN3O/c19-14-5-1-4-13(12-3-2-8-20-10-12)17(14)11-6-7-15-16(9-11)22-18(23)21-15/h1-10H,(H2,21,22,23). The number of H-pyrrole nitrogens is 2. The van der Waals surface area contributed by atoms with Crippen LogP contribution in [0.5, 0.6) is 0 Å². The van der Waals surface area contributed by atoms with E-state index in [-0.39, 0.29) is 5.69 Å². The number of aromatic amines is 2. The van der Waals surface area contributed by atoms with E-state index in [4.69, 9.17) is 11.6 Å². The number of pyridine rings is 1. The van der Waals surface area contributed by atoms with Crippen molar-refractivity contribution >= 4 is 22.6 Å². The number of halogens is 1. The van der Waals surface area contributed by atoms with Crippen LogP contribution in [-0.2, 0) is 0 Å². The van der Waals surface area contributed by atoms with E-state index in [0.717, 1.165) is 33.3 Å². The third kappa shape index (κ3) is 2.43. The molecular weight excluding hydrogens is 310 g/mol. The molecule has 0 aliphatic carbocycles. The van der Waals surface area contributed by atoms with Crippen LogP contribution in [0.25, 0.3) is 33.3 Å². The highest BCUT2D eigenvalue weighted by molar-refractivity contribution is 6.34. The van der Waals surface area contributed by atoms with Crippen LogP contribution >= 0.6 is 11.6 Å². The van der Waals surface area contributed by atoms with Gasteiger partial charge in [-0.2, -0.15) is 0 Å². The molecule has 0 amide bonds. The van der Waals surface area contributed by atoms with Crippen LogP contribution in [0.15, 0.2) is 65.7 Å². The quantitative estimate of drug-likeness (QED) is 0.580. The van der Waals surface area contributed by atoms with Crippen molar-refractivity contribution in [1.29, 1.82) is 0 Å².